The molecule has 0 aromatic heterocycles. The number of hydrogen-bond acceptors (Lipinski definition) is 1. The molecule has 13 heavy (non-hydrogen) atoms. The fourth-order valence-electron chi connectivity index (χ4n) is 3.53. The number of nitrogens with one attached hydrogen (secondary N) is 1. The third-order valence-electron chi connectivity index (χ3n) is 4.35. The maximum absolute atomic E-state index is 3.86. The Morgan fingerprint density at radius 3 is 2.31 bits per heavy atom. The third kappa shape index (κ3) is 1.63. The lowest BCUT2D eigenvalue weighted by Gasteiger charge is -2.34. The van der Waals surface area contributed by atoms with Crippen molar-refractivity contribution in [2.24, 2.45) is 11.8 Å². The van der Waals surface area contributed by atoms with Gasteiger partial charge in [-0.3, -0.25) is 0 Å². The second-order valence-electron chi connectivity index (χ2n) is 5.33. The van der Waals surface area contributed by atoms with Gasteiger partial charge in [-0.1, -0.05) is 25.7 Å². The molecule has 0 radical (unpaired) electrons. The molecule has 0 aromatic carbocycles. The summed E-state index contributed by atoms with van der Waals surface area (Å²) in [5.41, 5.74) is 0. The van der Waals surface area contributed by atoms with E-state index in [1.165, 1.54) is 51.4 Å². The highest BCUT2D eigenvalue weighted by atomic mass is 15.0. The molecule has 3 fully saturated rings. The van der Waals surface area contributed by atoms with E-state index in [1.54, 1.807) is 0 Å². The Morgan fingerprint density at radius 2 is 1.54 bits per heavy atom. The lowest BCUT2D eigenvalue weighted by molar-refractivity contribution is 0.205. The van der Waals surface area contributed by atoms with E-state index in [0.29, 0.717) is 0 Å². The predicted octanol–water partition coefficient (Wildman–Crippen LogP) is 2.71. The lowest BCUT2D eigenvalue weighted by Crippen LogP contribution is -2.41. The van der Waals surface area contributed by atoms with Crippen LogP contribution in [0.3, 0.4) is 0 Å². The molecule has 74 valence electrons. The Hall–Kier alpha value is -0.0400. The van der Waals surface area contributed by atoms with E-state index in [0.717, 1.165) is 23.9 Å². The molecule has 1 N–H and O–H groups in total. The van der Waals surface area contributed by atoms with Crippen molar-refractivity contribution in [2.45, 2.75) is 63.5 Å². The zero-order valence-electron chi connectivity index (χ0n) is 8.47. The van der Waals surface area contributed by atoms with Crippen LogP contribution in [0.4, 0.5) is 0 Å². The fourth-order valence-corrected chi connectivity index (χ4v) is 3.53. The molecule has 0 spiro atoms. The standard InChI is InChI=1S/C12H21N/c1-3-9-4-2-6-12(11(9)5-1)13-10-7-8-10/h9-13H,1-8H2. The summed E-state index contributed by atoms with van der Waals surface area (Å²) in [4.78, 5) is 0. The van der Waals surface area contributed by atoms with E-state index in [-0.39, 0.29) is 0 Å². The van der Waals surface area contributed by atoms with Crippen LogP contribution >= 0.6 is 0 Å². The first-order valence-electron chi connectivity index (χ1n) is 6.19. The minimum absolute atomic E-state index is 0.911. The summed E-state index contributed by atoms with van der Waals surface area (Å²) in [6.07, 6.45) is 12.0. The van der Waals surface area contributed by atoms with Gasteiger partial charge in [0, 0.05) is 12.1 Å². The van der Waals surface area contributed by atoms with Gasteiger partial charge in [-0.05, 0) is 37.5 Å². The van der Waals surface area contributed by atoms with Crippen molar-refractivity contribution in [3.8, 4) is 0 Å². The zero-order valence-corrected chi connectivity index (χ0v) is 8.47. The van der Waals surface area contributed by atoms with E-state index in [9.17, 15) is 0 Å². The third-order valence-corrected chi connectivity index (χ3v) is 4.35. The van der Waals surface area contributed by atoms with Gasteiger partial charge >= 0.3 is 0 Å². The largest absolute Gasteiger partial charge is 0.311 e. The van der Waals surface area contributed by atoms with E-state index < -0.39 is 0 Å². The summed E-state index contributed by atoms with van der Waals surface area (Å²) in [6, 6.07) is 1.83. The van der Waals surface area contributed by atoms with E-state index in [2.05, 4.69) is 5.32 Å². The summed E-state index contributed by atoms with van der Waals surface area (Å²) >= 11 is 0. The van der Waals surface area contributed by atoms with Gasteiger partial charge in [-0.2, -0.15) is 0 Å². The van der Waals surface area contributed by atoms with Gasteiger partial charge in [0.1, 0.15) is 0 Å². The minimum atomic E-state index is 0.911. The van der Waals surface area contributed by atoms with Gasteiger partial charge < -0.3 is 5.32 Å². The Balaban J connectivity index is 1.63. The fraction of sp³-hybridized carbons (Fsp3) is 1.00. The van der Waals surface area contributed by atoms with Crippen LogP contribution in [0.5, 0.6) is 0 Å². The Kier molecular flexibility index (Phi) is 2.08. The first kappa shape index (κ1) is 8.28. The molecule has 3 saturated carbocycles. The van der Waals surface area contributed by atoms with Crippen molar-refractivity contribution in [1.29, 1.82) is 0 Å². The Labute approximate surface area is 81.3 Å². The Bertz CT molecular complexity index is 186. The van der Waals surface area contributed by atoms with Crippen molar-refractivity contribution in [3.63, 3.8) is 0 Å². The molecule has 3 unspecified atom stereocenters. The topological polar surface area (TPSA) is 12.0 Å². The molecule has 3 aliphatic carbocycles. The van der Waals surface area contributed by atoms with Crippen LogP contribution in [0.2, 0.25) is 0 Å². The van der Waals surface area contributed by atoms with E-state index >= 15 is 0 Å². The molecular weight excluding hydrogens is 158 g/mol. The first-order chi connectivity index (χ1) is 6.43. The van der Waals surface area contributed by atoms with E-state index in [1.807, 2.05) is 0 Å². The molecular formula is C12H21N. The quantitative estimate of drug-likeness (QED) is 0.687. The molecule has 3 rings (SSSR count). The van der Waals surface area contributed by atoms with Crippen molar-refractivity contribution in [1.82, 2.24) is 5.32 Å². The molecule has 1 heteroatoms. The first-order valence-corrected chi connectivity index (χ1v) is 6.19. The van der Waals surface area contributed by atoms with Crippen LogP contribution < -0.4 is 5.32 Å². The molecule has 0 aromatic rings. The monoisotopic (exact) mass is 179 g/mol. The summed E-state index contributed by atoms with van der Waals surface area (Å²) in [7, 11) is 0. The number of fused-ring (bicyclic) bond motifs is 1. The summed E-state index contributed by atoms with van der Waals surface area (Å²) in [5, 5.41) is 3.86. The molecule has 3 aliphatic rings. The molecule has 0 heterocycles. The van der Waals surface area contributed by atoms with Crippen LogP contribution in [0, 0.1) is 11.8 Å². The van der Waals surface area contributed by atoms with Gasteiger partial charge in [0.15, 0.2) is 0 Å². The van der Waals surface area contributed by atoms with Crippen molar-refractivity contribution in [2.75, 3.05) is 0 Å². The predicted molar refractivity (Wildman–Crippen MR) is 54.6 cm³/mol. The minimum Gasteiger partial charge on any atom is -0.311 e. The van der Waals surface area contributed by atoms with Gasteiger partial charge in [0.2, 0.25) is 0 Å². The van der Waals surface area contributed by atoms with Gasteiger partial charge in [0.05, 0.1) is 0 Å². The van der Waals surface area contributed by atoms with Gasteiger partial charge in [-0.25, -0.2) is 0 Å². The molecule has 0 amide bonds. The average molecular weight is 179 g/mol. The van der Waals surface area contributed by atoms with Crippen LogP contribution in [0.25, 0.3) is 0 Å². The molecule has 0 aliphatic heterocycles. The lowest BCUT2D eigenvalue weighted by atomic mass is 9.78. The maximum Gasteiger partial charge on any atom is 0.0101 e. The summed E-state index contributed by atoms with van der Waals surface area (Å²) < 4.78 is 0. The summed E-state index contributed by atoms with van der Waals surface area (Å²) in [6.45, 7) is 0. The van der Waals surface area contributed by atoms with Crippen LogP contribution in [0.15, 0.2) is 0 Å². The molecule has 3 atom stereocenters. The van der Waals surface area contributed by atoms with Gasteiger partial charge in [-0.15, -0.1) is 0 Å². The molecule has 0 bridgehead atoms. The summed E-state index contributed by atoms with van der Waals surface area (Å²) in [5.74, 6) is 2.17. The zero-order chi connectivity index (χ0) is 8.67. The Morgan fingerprint density at radius 1 is 0.769 bits per heavy atom. The highest BCUT2D eigenvalue weighted by Crippen LogP contribution is 2.42. The average Bonchev–Trinajstić information content (AvgIpc) is 2.83. The normalized spacial score (nSPS) is 44.8. The second kappa shape index (κ2) is 3.27. The van der Waals surface area contributed by atoms with Crippen molar-refractivity contribution in [3.05, 3.63) is 0 Å². The highest BCUT2D eigenvalue weighted by Gasteiger charge is 2.38. The van der Waals surface area contributed by atoms with Crippen LogP contribution in [-0.4, -0.2) is 12.1 Å². The van der Waals surface area contributed by atoms with Crippen molar-refractivity contribution >= 4 is 0 Å². The maximum atomic E-state index is 3.86. The molecule has 1 nitrogen and oxygen atoms in total. The highest BCUT2D eigenvalue weighted by molar-refractivity contribution is 4.94. The SMILES string of the molecule is C1CC2CCCC2C(NC2CC2)C1. The number of hydrogen-bond donors (Lipinski definition) is 1. The van der Waals surface area contributed by atoms with Crippen LogP contribution in [-0.2, 0) is 0 Å². The van der Waals surface area contributed by atoms with Crippen LogP contribution in [0.1, 0.15) is 51.4 Å². The van der Waals surface area contributed by atoms with Gasteiger partial charge in [0.25, 0.3) is 0 Å². The van der Waals surface area contributed by atoms with Crippen molar-refractivity contribution < 1.29 is 0 Å². The smallest absolute Gasteiger partial charge is 0.0101 e. The second-order valence-corrected chi connectivity index (χ2v) is 5.33. The number of rotatable bonds is 2. The molecule has 0 saturated heterocycles. The van der Waals surface area contributed by atoms with E-state index in [4.69, 9.17) is 0 Å².